The number of hydrogen-bond donors (Lipinski definition) is 3. The molecule has 1 aromatic carbocycles. The monoisotopic (exact) mass is 434 g/mol. The Labute approximate surface area is 168 Å². The summed E-state index contributed by atoms with van der Waals surface area (Å²) >= 11 is 0. The molecule has 3 N–H and O–H groups in total. The first-order valence-corrected chi connectivity index (χ1v) is 12.0. The fraction of sp³-hybridized carbons (Fsp3) is 0.450. The van der Waals surface area contributed by atoms with Crippen LogP contribution in [0.5, 0.6) is 0 Å². The van der Waals surface area contributed by atoms with Gasteiger partial charge in [-0.25, -0.2) is 0 Å². The summed E-state index contributed by atoms with van der Waals surface area (Å²) < 4.78 is 54.9. The van der Waals surface area contributed by atoms with Gasteiger partial charge in [-0.2, -0.15) is 0 Å². The van der Waals surface area contributed by atoms with Crippen molar-refractivity contribution in [2.24, 2.45) is 0 Å². The van der Waals surface area contributed by atoms with Crippen LogP contribution in [0.25, 0.3) is 11.3 Å². The third kappa shape index (κ3) is 4.61. The average molecular weight is 434 g/mol. The van der Waals surface area contributed by atoms with Gasteiger partial charge in [-0.15, -0.1) is 0 Å². The third-order valence-corrected chi connectivity index (χ3v) is 8.17. The molecule has 1 unspecified atom stereocenters. The summed E-state index contributed by atoms with van der Waals surface area (Å²) in [5.41, 5.74) is -2.60. The third-order valence-electron chi connectivity index (χ3n) is 5.19. The molecule has 29 heavy (non-hydrogen) atoms. The van der Waals surface area contributed by atoms with Gasteiger partial charge >= 0.3 is 168 Å². The minimum atomic E-state index is -4.99. The summed E-state index contributed by atoms with van der Waals surface area (Å²) in [5, 5.41) is 13.3. The molecule has 0 saturated carbocycles. The summed E-state index contributed by atoms with van der Waals surface area (Å²) in [6.07, 6.45) is -4.20. The van der Waals surface area contributed by atoms with Crippen LogP contribution in [0.15, 0.2) is 30.3 Å². The number of aliphatic hydroxyl groups is 1. The molecule has 2 aromatic rings. The number of hydrogen-bond acceptors (Lipinski definition) is 4. The number of rotatable bonds is 7. The molecular weight excluding hydrogens is 407 g/mol. The topological polar surface area (TPSA) is 65.4 Å². The summed E-state index contributed by atoms with van der Waals surface area (Å²) in [5.74, 6) is -0.486. The quantitative estimate of drug-likeness (QED) is 0.462. The van der Waals surface area contributed by atoms with Crippen molar-refractivity contribution in [3.05, 3.63) is 47.4 Å². The van der Waals surface area contributed by atoms with E-state index in [0.29, 0.717) is 29.0 Å². The zero-order valence-electron chi connectivity index (χ0n) is 16.9. The molecule has 9 heteroatoms. The Morgan fingerprint density at radius 1 is 1.14 bits per heavy atom. The zero-order chi connectivity index (χ0) is 22.0. The molecular formula is C20H27F4N2O2P. The molecule has 0 bridgehead atoms. The molecule has 162 valence electrons. The van der Waals surface area contributed by atoms with Crippen LogP contribution in [0, 0.1) is 5.82 Å². The Balaban J connectivity index is 2.91. The van der Waals surface area contributed by atoms with Crippen molar-refractivity contribution >= 4 is 12.8 Å². The van der Waals surface area contributed by atoms with Crippen molar-refractivity contribution in [1.82, 2.24) is 10.3 Å². The van der Waals surface area contributed by atoms with Crippen LogP contribution in [0.2, 0.25) is 0 Å². The van der Waals surface area contributed by atoms with Crippen LogP contribution in [0.4, 0.5) is 17.6 Å². The first-order chi connectivity index (χ1) is 13.4. The molecule has 0 saturated heterocycles. The summed E-state index contributed by atoms with van der Waals surface area (Å²) in [7, 11) is -1.80. The second kappa shape index (κ2) is 8.64. The van der Waals surface area contributed by atoms with Gasteiger partial charge in [-0.05, 0) is 0 Å². The normalized spacial score (nSPS) is 15.2. The Morgan fingerprint density at radius 3 is 2.17 bits per heavy atom. The van der Waals surface area contributed by atoms with Crippen LogP contribution < -0.4 is 10.6 Å². The molecule has 1 heterocycles. The van der Waals surface area contributed by atoms with Gasteiger partial charge in [0, 0.05) is 0 Å². The zero-order valence-corrected chi connectivity index (χ0v) is 17.9. The average Bonchev–Trinajstić information content (AvgIpc) is 2.66. The second-order valence-electron chi connectivity index (χ2n) is 7.26. The van der Waals surface area contributed by atoms with Crippen molar-refractivity contribution in [2.45, 2.75) is 32.0 Å². The molecule has 0 aliphatic rings. The molecule has 2 rings (SSSR count). The van der Waals surface area contributed by atoms with E-state index in [4.69, 9.17) is 0 Å². The molecule has 4 nitrogen and oxygen atoms in total. The van der Waals surface area contributed by atoms with Gasteiger partial charge in [0.25, 0.3) is 0 Å². The molecule has 0 fully saturated rings. The molecule has 1 atom stereocenters. The number of nitrogens with zero attached hydrogens (tertiary/aromatic N) is 1. The number of likely N-dealkylation sites (N-methyl/N-ethyl adjacent to an activating group) is 1. The van der Waals surface area contributed by atoms with Gasteiger partial charge in [0.2, 0.25) is 0 Å². The SMILES string of the molecule is CCc1c([PH](C)(O)CC)cc(C(O)(CNC)C(F)(F)F)nc1-c1ccc(F)cc1. The minimum absolute atomic E-state index is 0.208. The van der Waals surface area contributed by atoms with E-state index in [0.717, 1.165) is 0 Å². The van der Waals surface area contributed by atoms with Gasteiger partial charge in [-0.3, -0.25) is 0 Å². The van der Waals surface area contributed by atoms with Crippen molar-refractivity contribution in [1.29, 1.82) is 0 Å². The predicted octanol–water partition coefficient (Wildman–Crippen LogP) is 3.35. The molecule has 0 radical (unpaired) electrons. The van der Waals surface area contributed by atoms with Gasteiger partial charge in [0.1, 0.15) is 0 Å². The first-order valence-electron chi connectivity index (χ1n) is 9.38. The summed E-state index contributed by atoms with van der Waals surface area (Å²) in [4.78, 5) is 15.2. The number of pyridine rings is 1. The van der Waals surface area contributed by atoms with Crippen LogP contribution in [0.1, 0.15) is 25.1 Å². The Bertz CT molecular complexity index is 857. The van der Waals surface area contributed by atoms with Gasteiger partial charge < -0.3 is 0 Å². The van der Waals surface area contributed by atoms with E-state index < -0.39 is 37.3 Å². The van der Waals surface area contributed by atoms with E-state index in [1.54, 1.807) is 13.6 Å². The summed E-state index contributed by atoms with van der Waals surface area (Å²) in [6.45, 7) is 4.43. The number of aromatic nitrogens is 1. The number of nitrogens with one attached hydrogen (secondary N) is 1. The van der Waals surface area contributed by atoms with Crippen molar-refractivity contribution in [2.75, 3.05) is 26.4 Å². The van der Waals surface area contributed by atoms with Crippen LogP contribution in [0.3, 0.4) is 0 Å². The van der Waals surface area contributed by atoms with E-state index in [9.17, 15) is 27.6 Å². The predicted molar refractivity (Wildman–Crippen MR) is 110 cm³/mol. The van der Waals surface area contributed by atoms with Gasteiger partial charge in [0.15, 0.2) is 0 Å². The summed E-state index contributed by atoms with van der Waals surface area (Å²) in [6, 6.07) is 6.44. The fourth-order valence-corrected chi connectivity index (χ4v) is 5.02. The van der Waals surface area contributed by atoms with Gasteiger partial charge in [-0.1, -0.05) is 0 Å². The Kier molecular flexibility index (Phi) is 7.05. The van der Waals surface area contributed by atoms with E-state index in [1.807, 2.05) is 6.92 Å². The first kappa shape index (κ1) is 23.7. The van der Waals surface area contributed by atoms with Crippen molar-refractivity contribution < 1.29 is 27.6 Å². The fourth-order valence-electron chi connectivity index (χ4n) is 3.25. The van der Waals surface area contributed by atoms with Crippen molar-refractivity contribution in [3.63, 3.8) is 0 Å². The maximum atomic E-state index is 13.8. The number of alkyl halides is 3. The van der Waals surface area contributed by atoms with Gasteiger partial charge in [0.05, 0.1) is 0 Å². The number of halogens is 4. The van der Waals surface area contributed by atoms with Crippen molar-refractivity contribution in [3.8, 4) is 11.3 Å². The van der Waals surface area contributed by atoms with Crippen LogP contribution in [-0.4, -0.2) is 47.6 Å². The van der Waals surface area contributed by atoms with E-state index in [2.05, 4.69) is 10.3 Å². The number of benzene rings is 1. The Morgan fingerprint density at radius 2 is 1.72 bits per heavy atom. The Hall–Kier alpha value is -1.60. The standard InChI is InChI=1S/C20H27F4N2O2P/c1-5-15-16(29(4,28)6-2)11-17(19(27,12-25-3)20(22,23)24)26-18(15)13-7-9-14(21)10-8-13/h7-11,25,27-29H,5-6,12H2,1-4H3. The molecule has 0 spiro atoms. The molecule has 1 aromatic heterocycles. The van der Waals surface area contributed by atoms with E-state index >= 15 is 0 Å². The molecule has 0 aliphatic heterocycles. The van der Waals surface area contributed by atoms with E-state index in [-0.39, 0.29) is 5.69 Å². The maximum absolute atomic E-state index is 13.8. The second-order valence-corrected chi connectivity index (χ2v) is 11.1. The molecule has 0 amide bonds. The molecule has 0 aliphatic carbocycles. The van der Waals surface area contributed by atoms with Crippen LogP contribution in [-0.2, 0) is 12.0 Å². The van der Waals surface area contributed by atoms with E-state index in [1.165, 1.54) is 37.4 Å². The van der Waals surface area contributed by atoms with Crippen LogP contribution >= 0.6 is 7.49 Å².